The molecular weight excluding hydrogens is 316 g/mol. The van der Waals surface area contributed by atoms with Gasteiger partial charge in [0.2, 0.25) is 5.91 Å². The molecule has 0 aromatic heterocycles. The number of aliphatic carboxylic acids is 1. The van der Waals surface area contributed by atoms with Crippen molar-refractivity contribution in [3.05, 3.63) is 47.5 Å². The molecule has 1 aliphatic carbocycles. The molecule has 134 valence electrons. The molecule has 1 aromatic rings. The van der Waals surface area contributed by atoms with Crippen molar-refractivity contribution < 1.29 is 14.7 Å². The van der Waals surface area contributed by atoms with Crippen molar-refractivity contribution in [1.82, 2.24) is 9.80 Å². The monoisotopic (exact) mass is 342 g/mol. The van der Waals surface area contributed by atoms with Gasteiger partial charge in [-0.25, -0.2) is 0 Å². The Morgan fingerprint density at radius 2 is 1.60 bits per heavy atom. The molecular formula is C20H26N2O3. The SMILES string of the molecule is Cc1ccc(CN2CCN(C(=O)[C@@H]3CC=CC[C@@H]3C(=O)O)CC2)cc1. The summed E-state index contributed by atoms with van der Waals surface area (Å²) in [5.74, 6) is -1.85. The number of carboxylic acids is 1. The average molecular weight is 342 g/mol. The van der Waals surface area contributed by atoms with E-state index < -0.39 is 17.8 Å². The summed E-state index contributed by atoms with van der Waals surface area (Å²) in [6.07, 6.45) is 4.82. The van der Waals surface area contributed by atoms with Crippen LogP contribution < -0.4 is 0 Å². The van der Waals surface area contributed by atoms with Crippen molar-refractivity contribution in [2.45, 2.75) is 26.3 Å². The number of allylic oxidation sites excluding steroid dienone is 2. The molecule has 1 aromatic carbocycles. The molecule has 1 saturated heterocycles. The molecule has 0 radical (unpaired) electrons. The molecule has 1 N–H and O–H groups in total. The molecule has 0 bridgehead atoms. The lowest BCUT2D eigenvalue weighted by molar-refractivity contribution is -0.151. The average Bonchev–Trinajstić information content (AvgIpc) is 2.63. The van der Waals surface area contributed by atoms with E-state index in [-0.39, 0.29) is 5.91 Å². The van der Waals surface area contributed by atoms with E-state index in [1.54, 1.807) is 0 Å². The van der Waals surface area contributed by atoms with E-state index in [2.05, 4.69) is 36.1 Å². The molecule has 1 fully saturated rings. The van der Waals surface area contributed by atoms with Gasteiger partial charge in [-0.05, 0) is 25.3 Å². The van der Waals surface area contributed by atoms with Crippen LogP contribution in [0.25, 0.3) is 0 Å². The summed E-state index contributed by atoms with van der Waals surface area (Å²) >= 11 is 0. The summed E-state index contributed by atoms with van der Waals surface area (Å²) in [5, 5.41) is 9.37. The first-order chi connectivity index (χ1) is 12.0. The maximum absolute atomic E-state index is 12.8. The molecule has 5 nitrogen and oxygen atoms in total. The first-order valence-electron chi connectivity index (χ1n) is 8.99. The van der Waals surface area contributed by atoms with Gasteiger partial charge >= 0.3 is 5.97 Å². The number of carboxylic acid groups (broad SMARTS) is 1. The number of carbonyl (C=O) groups is 2. The molecule has 25 heavy (non-hydrogen) atoms. The first-order valence-corrected chi connectivity index (χ1v) is 8.99. The lowest BCUT2D eigenvalue weighted by atomic mass is 9.82. The molecule has 0 saturated carbocycles. The third-order valence-electron chi connectivity index (χ3n) is 5.28. The highest BCUT2D eigenvalue weighted by molar-refractivity contribution is 5.85. The summed E-state index contributed by atoms with van der Waals surface area (Å²) in [4.78, 5) is 28.4. The third-order valence-corrected chi connectivity index (χ3v) is 5.28. The van der Waals surface area contributed by atoms with Gasteiger partial charge in [-0.15, -0.1) is 0 Å². The van der Waals surface area contributed by atoms with Crippen LogP contribution in [0.2, 0.25) is 0 Å². The van der Waals surface area contributed by atoms with Gasteiger partial charge in [0.25, 0.3) is 0 Å². The number of hydrogen-bond donors (Lipinski definition) is 1. The van der Waals surface area contributed by atoms with Gasteiger partial charge < -0.3 is 10.0 Å². The summed E-state index contributed by atoms with van der Waals surface area (Å²) in [6, 6.07) is 8.55. The van der Waals surface area contributed by atoms with Crippen LogP contribution >= 0.6 is 0 Å². The Hall–Kier alpha value is -2.14. The van der Waals surface area contributed by atoms with Gasteiger partial charge in [0.05, 0.1) is 11.8 Å². The minimum absolute atomic E-state index is 0.00624. The predicted molar refractivity (Wildman–Crippen MR) is 96.0 cm³/mol. The lowest BCUT2D eigenvalue weighted by Crippen LogP contribution is -2.51. The van der Waals surface area contributed by atoms with Crippen LogP contribution in [0.5, 0.6) is 0 Å². The Morgan fingerprint density at radius 1 is 1.00 bits per heavy atom. The van der Waals surface area contributed by atoms with Crippen LogP contribution in [0.4, 0.5) is 0 Å². The summed E-state index contributed by atoms with van der Waals surface area (Å²) in [6.45, 7) is 6.00. The van der Waals surface area contributed by atoms with Gasteiger partial charge in [0.1, 0.15) is 0 Å². The van der Waals surface area contributed by atoms with Crippen LogP contribution in [0.15, 0.2) is 36.4 Å². The minimum atomic E-state index is -0.860. The Balaban J connectivity index is 1.54. The zero-order valence-electron chi connectivity index (χ0n) is 14.7. The highest BCUT2D eigenvalue weighted by atomic mass is 16.4. The molecule has 5 heteroatoms. The first kappa shape index (κ1) is 17.7. The van der Waals surface area contributed by atoms with E-state index in [0.717, 1.165) is 19.6 Å². The summed E-state index contributed by atoms with van der Waals surface area (Å²) in [7, 11) is 0. The number of benzene rings is 1. The number of nitrogens with zero attached hydrogens (tertiary/aromatic N) is 2. The number of piperazine rings is 1. The van der Waals surface area contributed by atoms with Crippen molar-refractivity contribution in [3.8, 4) is 0 Å². The number of hydrogen-bond acceptors (Lipinski definition) is 3. The largest absolute Gasteiger partial charge is 0.481 e. The zero-order chi connectivity index (χ0) is 17.8. The van der Waals surface area contributed by atoms with Crippen molar-refractivity contribution in [1.29, 1.82) is 0 Å². The Kier molecular flexibility index (Phi) is 5.53. The Labute approximate surface area is 148 Å². The van der Waals surface area contributed by atoms with Crippen LogP contribution in [0.1, 0.15) is 24.0 Å². The second-order valence-corrected chi connectivity index (χ2v) is 7.08. The van der Waals surface area contributed by atoms with E-state index in [1.807, 2.05) is 17.1 Å². The normalized spacial score (nSPS) is 24.3. The van der Waals surface area contributed by atoms with Crippen LogP contribution in [-0.2, 0) is 16.1 Å². The van der Waals surface area contributed by atoms with Gasteiger partial charge in [-0.1, -0.05) is 42.0 Å². The van der Waals surface area contributed by atoms with Crippen LogP contribution in [-0.4, -0.2) is 53.0 Å². The maximum atomic E-state index is 12.8. The van der Waals surface area contributed by atoms with Gasteiger partial charge in [0, 0.05) is 32.7 Å². The molecule has 0 unspecified atom stereocenters. The number of amides is 1. The van der Waals surface area contributed by atoms with Crippen molar-refractivity contribution in [2.24, 2.45) is 11.8 Å². The topological polar surface area (TPSA) is 60.9 Å². The quantitative estimate of drug-likeness (QED) is 0.853. The number of carbonyl (C=O) groups excluding carboxylic acids is 1. The fourth-order valence-electron chi connectivity index (χ4n) is 3.67. The summed E-state index contributed by atoms with van der Waals surface area (Å²) in [5.41, 5.74) is 2.54. The van der Waals surface area contributed by atoms with Crippen molar-refractivity contribution in [2.75, 3.05) is 26.2 Å². The summed E-state index contributed by atoms with van der Waals surface area (Å²) < 4.78 is 0. The van der Waals surface area contributed by atoms with Gasteiger partial charge in [-0.2, -0.15) is 0 Å². The third kappa shape index (κ3) is 4.28. The van der Waals surface area contributed by atoms with E-state index in [9.17, 15) is 14.7 Å². The van der Waals surface area contributed by atoms with Crippen molar-refractivity contribution in [3.63, 3.8) is 0 Å². The van der Waals surface area contributed by atoms with E-state index in [4.69, 9.17) is 0 Å². The minimum Gasteiger partial charge on any atom is -0.481 e. The molecule has 0 spiro atoms. The fourth-order valence-corrected chi connectivity index (χ4v) is 3.67. The highest BCUT2D eigenvalue weighted by Gasteiger charge is 2.37. The fraction of sp³-hybridized carbons (Fsp3) is 0.500. The van der Waals surface area contributed by atoms with E-state index in [0.29, 0.717) is 25.9 Å². The smallest absolute Gasteiger partial charge is 0.307 e. The van der Waals surface area contributed by atoms with E-state index >= 15 is 0 Å². The predicted octanol–water partition coefficient (Wildman–Crippen LogP) is 2.31. The lowest BCUT2D eigenvalue weighted by Gasteiger charge is -2.37. The maximum Gasteiger partial charge on any atom is 0.307 e. The van der Waals surface area contributed by atoms with Crippen LogP contribution in [0, 0.1) is 18.8 Å². The van der Waals surface area contributed by atoms with Crippen molar-refractivity contribution >= 4 is 11.9 Å². The van der Waals surface area contributed by atoms with Gasteiger partial charge in [0.15, 0.2) is 0 Å². The standard InChI is InChI=1S/C20H26N2O3/c1-15-6-8-16(9-7-15)14-21-10-12-22(13-11-21)19(23)17-4-2-3-5-18(17)20(24)25/h2-3,6-9,17-18H,4-5,10-14H2,1H3,(H,24,25)/t17-,18+/m1/s1. The molecule has 1 heterocycles. The number of rotatable bonds is 4. The molecule has 1 amide bonds. The molecule has 1 aliphatic heterocycles. The second kappa shape index (κ2) is 7.83. The van der Waals surface area contributed by atoms with E-state index in [1.165, 1.54) is 11.1 Å². The number of aryl methyl sites for hydroxylation is 1. The second-order valence-electron chi connectivity index (χ2n) is 7.08. The molecule has 2 atom stereocenters. The molecule has 3 rings (SSSR count). The zero-order valence-corrected chi connectivity index (χ0v) is 14.7. The highest BCUT2D eigenvalue weighted by Crippen LogP contribution is 2.28. The Bertz CT molecular complexity index is 645. The van der Waals surface area contributed by atoms with Crippen LogP contribution in [0.3, 0.4) is 0 Å². The Morgan fingerprint density at radius 3 is 2.20 bits per heavy atom. The molecule has 2 aliphatic rings. The van der Waals surface area contributed by atoms with Gasteiger partial charge in [-0.3, -0.25) is 14.5 Å².